The summed E-state index contributed by atoms with van der Waals surface area (Å²) in [6.45, 7) is 6.95. The lowest BCUT2D eigenvalue weighted by molar-refractivity contribution is -0.129. The number of likely N-dealkylation sites (tertiary alicyclic amines) is 1. The number of ether oxygens (including phenoxy) is 2. The van der Waals surface area contributed by atoms with Crippen molar-refractivity contribution in [3.8, 4) is 5.75 Å². The zero-order valence-corrected chi connectivity index (χ0v) is 17.2. The number of amides is 2. The average molecular weight is 396 g/mol. The summed E-state index contributed by atoms with van der Waals surface area (Å²) in [6.07, 6.45) is 0.0106. The van der Waals surface area contributed by atoms with Gasteiger partial charge in [0.2, 0.25) is 5.91 Å². The SMILES string of the molecule is CC(C)(C)OC(=O)NC1CCN(Cc2cccc(OCc3ccccc3)c2)C1=O. The van der Waals surface area contributed by atoms with Crippen molar-refractivity contribution >= 4 is 12.0 Å². The Balaban J connectivity index is 1.54. The van der Waals surface area contributed by atoms with Gasteiger partial charge in [0.05, 0.1) is 0 Å². The molecule has 2 aromatic carbocycles. The molecule has 1 saturated heterocycles. The molecule has 0 aromatic heterocycles. The first kappa shape index (κ1) is 20.7. The molecular formula is C23H28N2O4. The van der Waals surface area contributed by atoms with Gasteiger partial charge >= 0.3 is 6.09 Å². The van der Waals surface area contributed by atoms with Gasteiger partial charge in [-0.05, 0) is 50.5 Å². The van der Waals surface area contributed by atoms with Crippen LogP contribution in [0.25, 0.3) is 0 Å². The molecule has 1 aliphatic rings. The topological polar surface area (TPSA) is 67.9 Å². The van der Waals surface area contributed by atoms with Crippen LogP contribution in [0.2, 0.25) is 0 Å². The summed E-state index contributed by atoms with van der Waals surface area (Å²) in [5.74, 6) is 0.674. The maximum absolute atomic E-state index is 12.6. The molecule has 2 amide bonds. The smallest absolute Gasteiger partial charge is 0.408 e. The Hall–Kier alpha value is -3.02. The maximum Gasteiger partial charge on any atom is 0.408 e. The van der Waals surface area contributed by atoms with Crippen molar-refractivity contribution in [3.05, 3.63) is 65.7 Å². The number of benzene rings is 2. The highest BCUT2D eigenvalue weighted by Crippen LogP contribution is 2.20. The van der Waals surface area contributed by atoms with E-state index in [4.69, 9.17) is 9.47 Å². The zero-order chi connectivity index (χ0) is 20.9. The van der Waals surface area contributed by atoms with Crippen LogP contribution in [0.1, 0.15) is 38.3 Å². The van der Waals surface area contributed by atoms with Gasteiger partial charge in [-0.15, -0.1) is 0 Å². The highest BCUT2D eigenvalue weighted by atomic mass is 16.6. The first-order valence-electron chi connectivity index (χ1n) is 9.84. The molecule has 0 spiro atoms. The minimum atomic E-state index is -0.592. The van der Waals surface area contributed by atoms with E-state index in [2.05, 4.69) is 5.32 Å². The standard InChI is InChI=1S/C23H28N2O4/c1-23(2,3)29-22(27)24-20-12-13-25(21(20)26)15-18-10-7-11-19(14-18)28-16-17-8-5-4-6-9-17/h4-11,14,20H,12-13,15-16H2,1-3H3,(H,24,27). The Morgan fingerprint density at radius 1 is 1.10 bits per heavy atom. The summed E-state index contributed by atoms with van der Waals surface area (Å²) < 4.78 is 11.1. The minimum Gasteiger partial charge on any atom is -0.489 e. The second-order valence-corrected chi connectivity index (χ2v) is 8.17. The lowest BCUT2D eigenvalue weighted by Crippen LogP contribution is -2.43. The number of hydrogen-bond donors (Lipinski definition) is 1. The normalized spacial score (nSPS) is 16.6. The number of carbonyl (C=O) groups is 2. The highest BCUT2D eigenvalue weighted by molar-refractivity contribution is 5.87. The summed E-state index contributed by atoms with van der Waals surface area (Å²) in [5.41, 5.74) is 1.50. The third-order valence-corrected chi connectivity index (χ3v) is 4.51. The number of carbonyl (C=O) groups excluding carboxylic acids is 2. The van der Waals surface area contributed by atoms with Crippen LogP contribution in [0.15, 0.2) is 54.6 Å². The van der Waals surface area contributed by atoms with Crippen LogP contribution in [0.5, 0.6) is 5.75 Å². The molecule has 6 nitrogen and oxygen atoms in total. The first-order valence-corrected chi connectivity index (χ1v) is 9.84. The molecule has 1 unspecified atom stereocenters. The maximum atomic E-state index is 12.6. The molecule has 29 heavy (non-hydrogen) atoms. The van der Waals surface area contributed by atoms with E-state index in [1.165, 1.54) is 0 Å². The van der Waals surface area contributed by atoms with Crippen LogP contribution in [0.3, 0.4) is 0 Å². The molecule has 1 fully saturated rings. The van der Waals surface area contributed by atoms with Crippen molar-refractivity contribution in [1.82, 2.24) is 10.2 Å². The fraction of sp³-hybridized carbons (Fsp3) is 0.391. The monoisotopic (exact) mass is 396 g/mol. The van der Waals surface area contributed by atoms with E-state index in [9.17, 15) is 9.59 Å². The van der Waals surface area contributed by atoms with E-state index < -0.39 is 17.7 Å². The Bertz CT molecular complexity index is 845. The number of nitrogens with zero attached hydrogens (tertiary/aromatic N) is 1. The van der Waals surface area contributed by atoms with Crippen LogP contribution in [0.4, 0.5) is 4.79 Å². The highest BCUT2D eigenvalue weighted by Gasteiger charge is 2.33. The van der Waals surface area contributed by atoms with Gasteiger partial charge < -0.3 is 19.7 Å². The van der Waals surface area contributed by atoms with Crippen molar-refractivity contribution in [2.75, 3.05) is 6.54 Å². The average Bonchev–Trinajstić information content (AvgIpc) is 2.99. The second kappa shape index (κ2) is 8.99. The zero-order valence-electron chi connectivity index (χ0n) is 17.2. The predicted molar refractivity (Wildman–Crippen MR) is 110 cm³/mol. The third kappa shape index (κ3) is 6.24. The van der Waals surface area contributed by atoms with Crippen LogP contribution in [0, 0.1) is 0 Å². The van der Waals surface area contributed by atoms with E-state index in [0.29, 0.717) is 26.1 Å². The molecule has 1 N–H and O–H groups in total. The molecule has 1 aliphatic heterocycles. The second-order valence-electron chi connectivity index (χ2n) is 8.17. The molecule has 3 rings (SSSR count). The molecule has 6 heteroatoms. The van der Waals surface area contributed by atoms with Gasteiger partial charge in [-0.1, -0.05) is 42.5 Å². The van der Waals surface area contributed by atoms with E-state index in [1.54, 1.807) is 25.7 Å². The first-order chi connectivity index (χ1) is 13.8. The van der Waals surface area contributed by atoms with Crippen molar-refractivity contribution in [2.45, 2.75) is 52.0 Å². The van der Waals surface area contributed by atoms with Crippen molar-refractivity contribution < 1.29 is 19.1 Å². The van der Waals surface area contributed by atoms with Gasteiger partial charge in [-0.2, -0.15) is 0 Å². The van der Waals surface area contributed by atoms with Gasteiger partial charge in [0, 0.05) is 13.1 Å². The van der Waals surface area contributed by atoms with Crippen LogP contribution >= 0.6 is 0 Å². The van der Waals surface area contributed by atoms with Gasteiger partial charge in [-0.25, -0.2) is 4.79 Å². The number of alkyl carbamates (subject to hydrolysis) is 1. The molecule has 1 atom stereocenters. The van der Waals surface area contributed by atoms with Crippen molar-refractivity contribution in [3.63, 3.8) is 0 Å². The van der Waals surface area contributed by atoms with E-state index in [-0.39, 0.29) is 5.91 Å². The largest absolute Gasteiger partial charge is 0.489 e. The number of rotatable bonds is 6. The molecule has 2 aromatic rings. The van der Waals surface area contributed by atoms with Gasteiger partial charge in [0.15, 0.2) is 0 Å². The lowest BCUT2D eigenvalue weighted by atomic mass is 10.2. The van der Waals surface area contributed by atoms with Crippen LogP contribution < -0.4 is 10.1 Å². The Morgan fingerprint density at radius 2 is 1.83 bits per heavy atom. The molecule has 0 aliphatic carbocycles. The fourth-order valence-corrected chi connectivity index (χ4v) is 3.17. The quantitative estimate of drug-likeness (QED) is 0.804. The summed E-state index contributed by atoms with van der Waals surface area (Å²) in [7, 11) is 0. The van der Waals surface area contributed by atoms with Gasteiger partial charge in [-0.3, -0.25) is 4.79 Å². The molecule has 0 bridgehead atoms. The number of nitrogens with one attached hydrogen (secondary N) is 1. The van der Waals surface area contributed by atoms with E-state index in [0.717, 1.165) is 16.9 Å². The van der Waals surface area contributed by atoms with E-state index in [1.807, 2.05) is 54.6 Å². The number of hydrogen-bond acceptors (Lipinski definition) is 4. The van der Waals surface area contributed by atoms with E-state index >= 15 is 0 Å². The van der Waals surface area contributed by atoms with Crippen LogP contribution in [-0.2, 0) is 22.7 Å². The summed E-state index contributed by atoms with van der Waals surface area (Å²) in [4.78, 5) is 26.3. The summed E-state index contributed by atoms with van der Waals surface area (Å²) in [5, 5.41) is 2.67. The molecular weight excluding hydrogens is 368 g/mol. The molecule has 1 heterocycles. The van der Waals surface area contributed by atoms with Crippen molar-refractivity contribution in [2.24, 2.45) is 0 Å². The summed E-state index contributed by atoms with van der Waals surface area (Å²) in [6, 6.07) is 17.2. The summed E-state index contributed by atoms with van der Waals surface area (Å²) >= 11 is 0. The van der Waals surface area contributed by atoms with Crippen molar-refractivity contribution in [1.29, 1.82) is 0 Å². The third-order valence-electron chi connectivity index (χ3n) is 4.51. The molecule has 0 radical (unpaired) electrons. The van der Waals surface area contributed by atoms with Gasteiger partial charge in [0.25, 0.3) is 0 Å². The Labute approximate surface area is 171 Å². The molecule has 0 saturated carbocycles. The lowest BCUT2D eigenvalue weighted by Gasteiger charge is -2.21. The van der Waals surface area contributed by atoms with Crippen LogP contribution in [-0.4, -0.2) is 35.1 Å². The van der Waals surface area contributed by atoms with Gasteiger partial charge in [0.1, 0.15) is 24.0 Å². The predicted octanol–water partition coefficient (Wildman–Crippen LogP) is 3.89. The Kier molecular flexibility index (Phi) is 6.42. The molecule has 154 valence electrons. The fourth-order valence-electron chi connectivity index (χ4n) is 3.17. The Morgan fingerprint density at radius 3 is 2.55 bits per heavy atom. The minimum absolute atomic E-state index is 0.0912.